The molecule has 2 atom stereocenters. The van der Waals surface area contributed by atoms with Gasteiger partial charge in [0.1, 0.15) is 5.76 Å². The number of hydrogen-bond acceptors (Lipinski definition) is 4. The summed E-state index contributed by atoms with van der Waals surface area (Å²) in [6.07, 6.45) is 2.87. The van der Waals surface area contributed by atoms with Crippen LogP contribution in [-0.2, 0) is 20.9 Å². The highest BCUT2D eigenvalue weighted by atomic mass is 16.5. The fourth-order valence-electron chi connectivity index (χ4n) is 2.82. The fourth-order valence-corrected chi connectivity index (χ4v) is 2.82. The van der Waals surface area contributed by atoms with Crippen LogP contribution in [0.1, 0.15) is 18.6 Å². The Labute approximate surface area is 123 Å². The molecule has 3 rings (SSSR count). The maximum Gasteiger partial charge on any atom is 0.225 e. The van der Waals surface area contributed by atoms with Gasteiger partial charge in [0.25, 0.3) is 0 Å². The van der Waals surface area contributed by atoms with Crippen molar-refractivity contribution >= 4 is 11.8 Å². The first-order valence-electron chi connectivity index (χ1n) is 7.38. The number of amides is 2. The average Bonchev–Trinajstić information content (AvgIpc) is 3.20. The lowest BCUT2D eigenvalue weighted by Gasteiger charge is -2.15. The molecule has 6 heteroatoms. The maximum atomic E-state index is 12.1. The van der Waals surface area contributed by atoms with Crippen LogP contribution in [0.25, 0.3) is 0 Å². The Hall–Kier alpha value is -1.82. The van der Waals surface area contributed by atoms with Crippen molar-refractivity contribution in [2.45, 2.75) is 19.4 Å². The number of nitrogens with zero attached hydrogens (tertiary/aromatic N) is 1. The van der Waals surface area contributed by atoms with Gasteiger partial charge < -0.3 is 19.4 Å². The van der Waals surface area contributed by atoms with Crippen LogP contribution in [0.15, 0.2) is 22.8 Å². The molecule has 0 aliphatic carbocycles. The molecule has 114 valence electrons. The van der Waals surface area contributed by atoms with Gasteiger partial charge in [-0.25, -0.2) is 0 Å². The summed E-state index contributed by atoms with van der Waals surface area (Å²) in [5.41, 5.74) is 0. The van der Waals surface area contributed by atoms with E-state index in [2.05, 4.69) is 5.32 Å². The Balaban J connectivity index is 1.47. The molecule has 1 aromatic rings. The van der Waals surface area contributed by atoms with Crippen LogP contribution in [-0.4, -0.2) is 43.0 Å². The van der Waals surface area contributed by atoms with Gasteiger partial charge in [0.2, 0.25) is 11.8 Å². The van der Waals surface area contributed by atoms with Gasteiger partial charge in [-0.1, -0.05) is 0 Å². The van der Waals surface area contributed by atoms with Crippen LogP contribution in [0.2, 0.25) is 0 Å². The molecule has 0 unspecified atom stereocenters. The molecule has 2 aliphatic rings. The molecule has 2 amide bonds. The molecule has 1 N–H and O–H groups in total. The number of ether oxygens (including phenoxy) is 1. The van der Waals surface area contributed by atoms with E-state index in [1.165, 1.54) is 0 Å². The Morgan fingerprint density at radius 3 is 3.10 bits per heavy atom. The van der Waals surface area contributed by atoms with Crippen LogP contribution >= 0.6 is 0 Å². The van der Waals surface area contributed by atoms with Crippen LogP contribution in [0, 0.1) is 11.8 Å². The third kappa shape index (κ3) is 3.44. The molecule has 0 radical (unpaired) electrons. The molecule has 2 saturated heterocycles. The van der Waals surface area contributed by atoms with Gasteiger partial charge in [-0.05, 0) is 18.6 Å². The molecular weight excluding hydrogens is 272 g/mol. The van der Waals surface area contributed by atoms with Crippen molar-refractivity contribution < 1.29 is 18.7 Å². The van der Waals surface area contributed by atoms with E-state index in [0.717, 1.165) is 18.8 Å². The lowest BCUT2D eigenvalue weighted by atomic mass is 10.1. The standard InChI is InChI=1S/C15H20N2O4/c18-14-6-12(8-17(14)9-13-2-1-4-21-13)15(19)16-7-11-3-5-20-10-11/h1-2,4,11-12H,3,5-10H2,(H,16,19)/t11-,12-/m1/s1. The van der Waals surface area contributed by atoms with Crippen molar-refractivity contribution in [2.24, 2.45) is 11.8 Å². The molecule has 1 aromatic heterocycles. The summed E-state index contributed by atoms with van der Waals surface area (Å²) >= 11 is 0. The van der Waals surface area contributed by atoms with Crippen molar-refractivity contribution in [3.8, 4) is 0 Å². The summed E-state index contributed by atoms with van der Waals surface area (Å²) in [6.45, 7) is 3.04. The maximum absolute atomic E-state index is 12.1. The SMILES string of the molecule is O=C(NC[C@H]1CCOC1)[C@@H]1CC(=O)N(Cc2ccco2)C1. The van der Waals surface area contributed by atoms with Crippen LogP contribution < -0.4 is 5.32 Å². The monoisotopic (exact) mass is 292 g/mol. The largest absolute Gasteiger partial charge is 0.467 e. The minimum Gasteiger partial charge on any atom is -0.467 e. The number of nitrogens with one attached hydrogen (secondary N) is 1. The predicted molar refractivity (Wildman–Crippen MR) is 74.2 cm³/mol. The van der Waals surface area contributed by atoms with Gasteiger partial charge in [-0.2, -0.15) is 0 Å². The van der Waals surface area contributed by atoms with Crippen molar-refractivity contribution in [1.82, 2.24) is 10.2 Å². The second-order valence-electron chi connectivity index (χ2n) is 5.73. The van der Waals surface area contributed by atoms with Gasteiger partial charge in [-0.3, -0.25) is 9.59 Å². The van der Waals surface area contributed by atoms with Crippen LogP contribution in [0.4, 0.5) is 0 Å². The molecule has 0 aromatic carbocycles. The van der Waals surface area contributed by atoms with Crippen molar-refractivity contribution in [1.29, 1.82) is 0 Å². The average molecular weight is 292 g/mol. The van der Waals surface area contributed by atoms with E-state index in [9.17, 15) is 9.59 Å². The number of likely N-dealkylation sites (tertiary alicyclic amines) is 1. The minimum atomic E-state index is -0.255. The number of carbonyl (C=O) groups excluding carboxylic acids is 2. The molecule has 2 fully saturated rings. The third-order valence-electron chi connectivity index (χ3n) is 4.10. The number of rotatable bonds is 5. The van der Waals surface area contributed by atoms with Crippen LogP contribution in [0.3, 0.4) is 0 Å². The zero-order chi connectivity index (χ0) is 14.7. The zero-order valence-corrected chi connectivity index (χ0v) is 11.9. The Kier molecular flexibility index (Phi) is 4.24. The van der Waals surface area contributed by atoms with Crippen molar-refractivity contribution in [3.63, 3.8) is 0 Å². The summed E-state index contributed by atoms with van der Waals surface area (Å²) in [4.78, 5) is 25.8. The molecule has 21 heavy (non-hydrogen) atoms. The van der Waals surface area contributed by atoms with Crippen LogP contribution in [0.5, 0.6) is 0 Å². The first-order chi connectivity index (χ1) is 10.2. The normalized spacial score (nSPS) is 25.5. The second-order valence-corrected chi connectivity index (χ2v) is 5.73. The van der Waals surface area contributed by atoms with E-state index in [0.29, 0.717) is 32.2 Å². The topological polar surface area (TPSA) is 71.8 Å². The lowest BCUT2D eigenvalue weighted by Crippen LogP contribution is -2.36. The second kappa shape index (κ2) is 6.30. The predicted octanol–water partition coefficient (Wildman–Crippen LogP) is 0.781. The smallest absolute Gasteiger partial charge is 0.225 e. The van der Waals surface area contributed by atoms with Gasteiger partial charge in [0.05, 0.1) is 25.3 Å². The number of hydrogen-bond donors (Lipinski definition) is 1. The van der Waals surface area contributed by atoms with E-state index in [-0.39, 0.29) is 24.2 Å². The molecular formula is C15H20N2O4. The molecule has 0 saturated carbocycles. The summed E-state index contributed by atoms with van der Waals surface area (Å²) in [6, 6.07) is 3.63. The van der Waals surface area contributed by atoms with Gasteiger partial charge in [0, 0.05) is 32.0 Å². The summed E-state index contributed by atoms with van der Waals surface area (Å²) in [5.74, 6) is 0.875. The molecule has 2 aliphatic heterocycles. The molecule has 6 nitrogen and oxygen atoms in total. The Morgan fingerprint density at radius 2 is 2.38 bits per heavy atom. The Morgan fingerprint density at radius 1 is 1.48 bits per heavy atom. The highest BCUT2D eigenvalue weighted by molar-refractivity contribution is 5.89. The van der Waals surface area contributed by atoms with E-state index in [1.54, 1.807) is 17.2 Å². The van der Waals surface area contributed by atoms with E-state index in [1.807, 2.05) is 6.07 Å². The zero-order valence-electron chi connectivity index (χ0n) is 11.9. The van der Waals surface area contributed by atoms with Crippen molar-refractivity contribution in [2.75, 3.05) is 26.3 Å². The minimum absolute atomic E-state index is 0.00995. The lowest BCUT2D eigenvalue weighted by molar-refractivity contribution is -0.129. The van der Waals surface area contributed by atoms with E-state index < -0.39 is 0 Å². The first-order valence-corrected chi connectivity index (χ1v) is 7.38. The highest BCUT2D eigenvalue weighted by Gasteiger charge is 2.34. The van der Waals surface area contributed by atoms with Gasteiger partial charge >= 0.3 is 0 Å². The first kappa shape index (κ1) is 14.1. The van der Waals surface area contributed by atoms with Gasteiger partial charge in [-0.15, -0.1) is 0 Å². The highest BCUT2D eigenvalue weighted by Crippen LogP contribution is 2.21. The fraction of sp³-hybridized carbons (Fsp3) is 0.600. The quantitative estimate of drug-likeness (QED) is 0.870. The van der Waals surface area contributed by atoms with E-state index >= 15 is 0 Å². The summed E-state index contributed by atoms with van der Waals surface area (Å²) in [7, 11) is 0. The van der Waals surface area contributed by atoms with Crippen molar-refractivity contribution in [3.05, 3.63) is 24.2 Å². The van der Waals surface area contributed by atoms with E-state index in [4.69, 9.17) is 9.15 Å². The summed E-state index contributed by atoms with van der Waals surface area (Å²) < 4.78 is 10.5. The number of carbonyl (C=O) groups is 2. The third-order valence-corrected chi connectivity index (χ3v) is 4.10. The van der Waals surface area contributed by atoms with Gasteiger partial charge in [0.15, 0.2) is 0 Å². The summed E-state index contributed by atoms with van der Waals surface area (Å²) in [5, 5.41) is 2.95. The molecule has 3 heterocycles. The Bertz CT molecular complexity index is 494. The molecule has 0 spiro atoms. The molecule has 0 bridgehead atoms. The number of furan rings is 1.